The highest BCUT2D eigenvalue weighted by Crippen LogP contribution is 2.60. The van der Waals surface area contributed by atoms with Gasteiger partial charge in [-0.3, -0.25) is 19.1 Å². The van der Waals surface area contributed by atoms with Crippen LogP contribution >= 0.6 is 0 Å². The highest BCUT2D eigenvalue weighted by Gasteiger charge is 2.68. The monoisotopic (exact) mass is 461 g/mol. The summed E-state index contributed by atoms with van der Waals surface area (Å²) in [4.78, 5) is 27.6. The van der Waals surface area contributed by atoms with E-state index in [1.807, 2.05) is 0 Å². The van der Waals surface area contributed by atoms with E-state index < -0.39 is 52.1 Å². The Bertz CT molecular complexity index is 1240. The summed E-state index contributed by atoms with van der Waals surface area (Å²) < 4.78 is 46.9. The van der Waals surface area contributed by atoms with Crippen molar-refractivity contribution in [3.05, 3.63) is 40.5 Å². The van der Waals surface area contributed by atoms with E-state index in [0.29, 0.717) is 6.07 Å². The Morgan fingerprint density at radius 3 is 2.12 bits per heavy atom. The number of carbonyl (C=O) groups excluding carboxylic acids is 2. The van der Waals surface area contributed by atoms with Gasteiger partial charge in [0, 0.05) is 6.54 Å². The molecule has 2 aliphatic heterocycles. The number of rotatable bonds is 3. The summed E-state index contributed by atoms with van der Waals surface area (Å²) in [5.74, 6) is -2.68. The standard InChI is InChI=1S/C22H18F3N3O5/c1-20-14-15(21(2,33-20)19(32)27(18(20)31)9-10-3-4-10)17(30)28(16(14)29)12-6-5-11(8-26)13(7-12)22(23,24)25/h5-7,10,29-30H,3-4,9H2,1-2H3. The van der Waals surface area contributed by atoms with Gasteiger partial charge in [-0.15, -0.1) is 0 Å². The minimum absolute atomic E-state index is 0.169. The Labute approximate surface area is 185 Å². The molecule has 2 atom stereocenters. The van der Waals surface area contributed by atoms with Gasteiger partial charge in [-0.05, 0) is 50.8 Å². The van der Waals surface area contributed by atoms with E-state index in [2.05, 4.69) is 0 Å². The lowest BCUT2D eigenvalue weighted by Gasteiger charge is -2.41. The first-order valence-corrected chi connectivity index (χ1v) is 10.2. The van der Waals surface area contributed by atoms with Crippen molar-refractivity contribution < 1.29 is 37.7 Å². The fourth-order valence-corrected chi connectivity index (χ4v) is 4.84. The lowest BCUT2D eigenvalue weighted by Crippen LogP contribution is -2.59. The van der Waals surface area contributed by atoms with Crippen LogP contribution in [-0.2, 0) is 31.7 Å². The summed E-state index contributed by atoms with van der Waals surface area (Å²) >= 11 is 0. The number of amides is 2. The molecule has 1 aromatic carbocycles. The van der Waals surface area contributed by atoms with Gasteiger partial charge in [0.05, 0.1) is 34.0 Å². The molecule has 33 heavy (non-hydrogen) atoms. The summed E-state index contributed by atoms with van der Waals surface area (Å²) in [7, 11) is 0. The second-order valence-electron chi connectivity index (χ2n) is 8.90. The van der Waals surface area contributed by atoms with Gasteiger partial charge in [0.25, 0.3) is 11.8 Å². The molecular formula is C22H18F3N3O5. The molecule has 2 unspecified atom stereocenters. The van der Waals surface area contributed by atoms with E-state index in [1.54, 1.807) is 0 Å². The maximum Gasteiger partial charge on any atom is 0.417 e. The molecule has 0 spiro atoms. The van der Waals surface area contributed by atoms with Gasteiger partial charge in [-0.1, -0.05) is 0 Å². The number of carbonyl (C=O) groups is 2. The number of halogens is 3. The van der Waals surface area contributed by atoms with E-state index in [0.717, 1.165) is 34.4 Å². The molecule has 5 rings (SSSR count). The largest absolute Gasteiger partial charge is 0.494 e. The van der Waals surface area contributed by atoms with Gasteiger partial charge in [0.2, 0.25) is 11.8 Å². The Hall–Kier alpha value is -3.52. The van der Waals surface area contributed by atoms with Gasteiger partial charge in [0.1, 0.15) is 0 Å². The van der Waals surface area contributed by atoms with Gasteiger partial charge >= 0.3 is 6.18 Å². The molecule has 2 bridgehead atoms. The summed E-state index contributed by atoms with van der Waals surface area (Å²) in [6.07, 6.45) is -3.11. The second kappa shape index (κ2) is 6.29. The van der Waals surface area contributed by atoms with E-state index in [9.17, 15) is 33.0 Å². The summed E-state index contributed by atoms with van der Waals surface area (Å²) in [6, 6.07) is 4.10. The fourth-order valence-electron chi connectivity index (χ4n) is 4.84. The molecule has 2 aromatic rings. The molecule has 172 valence electrons. The quantitative estimate of drug-likeness (QED) is 0.679. The first kappa shape index (κ1) is 21.3. The van der Waals surface area contributed by atoms with E-state index in [4.69, 9.17) is 10.00 Å². The molecule has 3 aliphatic rings. The van der Waals surface area contributed by atoms with Gasteiger partial charge in [-0.25, -0.2) is 0 Å². The summed E-state index contributed by atoms with van der Waals surface area (Å²) in [5.41, 5.74) is -6.17. The fraction of sp³-hybridized carbons (Fsp3) is 0.409. The predicted molar refractivity (Wildman–Crippen MR) is 104 cm³/mol. The van der Waals surface area contributed by atoms with Crippen LogP contribution in [0.5, 0.6) is 11.8 Å². The third-order valence-electron chi connectivity index (χ3n) is 6.61. The first-order valence-electron chi connectivity index (χ1n) is 10.2. The highest BCUT2D eigenvalue weighted by atomic mass is 19.4. The number of aromatic nitrogens is 1. The molecule has 2 N–H and O–H groups in total. The molecule has 8 nitrogen and oxygen atoms in total. The average Bonchev–Trinajstić information content (AvgIpc) is 3.47. The van der Waals surface area contributed by atoms with Gasteiger partial charge in [-0.2, -0.15) is 18.4 Å². The SMILES string of the molecule is CC12OC(C)(C(=O)N(CC3CC3)C1=O)c1c2c(O)n(-c2ccc(C#N)c(C(F)(F)F)c2)c1O. The predicted octanol–water partition coefficient (Wildman–Crippen LogP) is 3.02. The van der Waals surface area contributed by atoms with Crippen LogP contribution in [0.4, 0.5) is 13.2 Å². The number of benzene rings is 1. The zero-order valence-corrected chi connectivity index (χ0v) is 17.5. The zero-order valence-electron chi connectivity index (χ0n) is 17.5. The van der Waals surface area contributed by atoms with Crippen LogP contribution < -0.4 is 0 Å². The van der Waals surface area contributed by atoms with Crippen LogP contribution in [0.1, 0.15) is 48.9 Å². The maximum atomic E-state index is 13.5. The Morgan fingerprint density at radius 1 is 1.12 bits per heavy atom. The van der Waals surface area contributed by atoms with Crippen molar-refractivity contribution in [1.29, 1.82) is 5.26 Å². The molecule has 1 aromatic heterocycles. The number of imide groups is 1. The third kappa shape index (κ3) is 2.67. The molecule has 1 saturated heterocycles. The molecule has 0 radical (unpaired) electrons. The topological polar surface area (TPSA) is 116 Å². The Morgan fingerprint density at radius 2 is 1.67 bits per heavy atom. The Kier molecular flexibility index (Phi) is 4.07. The van der Waals surface area contributed by atoms with E-state index in [-0.39, 0.29) is 29.3 Å². The molecule has 11 heteroatoms. The van der Waals surface area contributed by atoms with Crippen molar-refractivity contribution in [2.45, 2.75) is 44.1 Å². The molecule has 2 amide bonds. The van der Waals surface area contributed by atoms with Crippen molar-refractivity contribution in [1.82, 2.24) is 9.47 Å². The number of aromatic hydroxyl groups is 2. The lowest BCUT2D eigenvalue weighted by atomic mass is 9.93. The number of fused-ring (bicyclic) bond motifs is 5. The summed E-state index contributed by atoms with van der Waals surface area (Å²) in [6.45, 7) is 2.91. The van der Waals surface area contributed by atoms with Crippen LogP contribution in [0.15, 0.2) is 18.2 Å². The number of nitrogens with zero attached hydrogens (tertiary/aromatic N) is 3. The van der Waals surface area contributed by atoms with Crippen LogP contribution in [-0.4, -0.2) is 38.0 Å². The second-order valence-corrected chi connectivity index (χ2v) is 8.90. The lowest BCUT2D eigenvalue weighted by molar-refractivity contribution is -0.206. The van der Waals surface area contributed by atoms with E-state index >= 15 is 0 Å². The highest BCUT2D eigenvalue weighted by molar-refractivity contribution is 6.09. The first-order chi connectivity index (χ1) is 15.3. The van der Waals surface area contributed by atoms with Gasteiger partial charge in [0.15, 0.2) is 11.2 Å². The van der Waals surface area contributed by atoms with Crippen molar-refractivity contribution in [3.63, 3.8) is 0 Å². The van der Waals surface area contributed by atoms with Crippen molar-refractivity contribution in [2.24, 2.45) is 5.92 Å². The van der Waals surface area contributed by atoms with Crippen LogP contribution in [0.25, 0.3) is 5.69 Å². The van der Waals surface area contributed by atoms with Crippen molar-refractivity contribution >= 4 is 11.8 Å². The third-order valence-corrected chi connectivity index (χ3v) is 6.61. The van der Waals surface area contributed by atoms with Gasteiger partial charge < -0.3 is 14.9 Å². The van der Waals surface area contributed by atoms with Crippen molar-refractivity contribution in [3.8, 4) is 23.5 Å². The molecule has 1 aliphatic carbocycles. The number of morpholine rings is 1. The minimum Gasteiger partial charge on any atom is -0.494 e. The number of alkyl halides is 3. The smallest absolute Gasteiger partial charge is 0.417 e. The Balaban J connectivity index is 1.71. The number of hydrogen-bond donors (Lipinski definition) is 2. The number of ether oxygens (including phenoxy) is 1. The zero-order chi connectivity index (χ0) is 24.1. The number of nitriles is 1. The van der Waals surface area contributed by atoms with Crippen LogP contribution in [0.3, 0.4) is 0 Å². The normalized spacial score (nSPS) is 26.5. The maximum absolute atomic E-state index is 13.5. The molecular weight excluding hydrogens is 443 g/mol. The molecule has 3 heterocycles. The minimum atomic E-state index is -4.87. The molecule has 2 fully saturated rings. The summed E-state index contributed by atoms with van der Waals surface area (Å²) in [5, 5.41) is 31.0. The van der Waals surface area contributed by atoms with E-state index in [1.165, 1.54) is 19.9 Å². The number of hydrogen-bond acceptors (Lipinski definition) is 6. The molecule has 1 saturated carbocycles. The van der Waals surface area contributed by atoms with Crippen molar-refractivity contribution in [2.75, 3.05) is 6.54 Å². The average molecular weight is 461 g/mol. The van der Waals surface area contributed by atoms with Crippen LogP contribution in [0.2, 0.25) is 0 Å². The van der Waals surface area contributed by atoms with Crippen LogP contribution in [0, 0.1) is 17.2 Å².